The molecule has 7 nitrogen and oxygen atoms in total. The zero-order chi connectivity index (χ0) is 30.6. The number of ketones is 1. The summed E-state index contributed by atoms with van der Waals surface area (Å²) < 4.78 is 0. The summed E-state index contributed by atoms with van der Waals surface area (Å²) in [6, 6.07) is 12.3. The Hall–Kier alpha value is -3.61. The second-order valence-electron chi connectivity index (χ2n) is 15.4. The van der Waals surface area contributed by atoms with Crippen molar-refractivity contribution < 1.29 is 24.0 Å². The van der Waals surface area contributed by atoms with E-state index in [-0.39, 0.29) is 70.8 Å². The number of likely N-dealkylation sites (tertiary alicyclic amines) is 1. The highest BCUT2D eigenvalue weighted by molar-refractivity contribution is 6.23. The van der Waals surface area contributed by atoms with E-state index in [0.717, 1.165) is 42.4 Å². The van der Waals surface area contributed by atoms with E-state index >= 15 is 0 Å². The molecular weight excluding hydrogens is 552 g/mol. The fourth-order valence-electron chi connectivity index (χ4n) is 12.2. The lowest BCUT2D eigenvalue weighted by Crippen LogP contribution is -2.48. The van der Waals surface area contributed by atoms with E-state index in [4.69, 9.17) is 0 Å². The van der Waals surface area contributed by atoms with Crippen LogP contribution in [0.1, 0.15) is 55.2 Å². The molecular formula is C37H38N2O5. The van der Waals surface area contributed by atoms with Gasteiger partial charge in [0.1, 0.15) is 5.78 Å². The minimum Gasteiger partial charge on any atom is -0.298 e. The molecule has 0 radical (unpaired) electrons. The number of rotatable bonds is 2. The van der Waals surface area contributed by atoms with Crippen molar-refractivity contribution in [2.24, 2.45) is 58.2 Å². The summed E-state index contributed by atoms with van der Waals surface area (Å²) in [5.41, 5.74) is 5.12. The third kappa shape index (κ3) is 2.93. The van der Waals surface area contributed by atoms with Crippen LogP contribution in [0.25, 0.3) is 11.1 Å². The van der Waals surface area contributed by atoms with E-state index in [1.165, 1.54) is 20.9 Å². The van der Waals surface area contributed by atoms with Crippen molar-refractivity contribution in [1.29, 1.82) is 0 Å². The van der Waals surface area contributed by atoms with Crippen LogP contribution >= 0.6 is 0 Å². The molecule has 10 atom stereocenters. The van der Waals surface area contributed by atoms with E-state index in [2.05, 4.69) is 32.0 Å². The summed E-state index contributed by atoms with van der Waals surface area (Å²) in [6.45, 7) is 6.21. The largest absolute Gasteiger partial charge is 0.298 e. The maximum atomic E-state index is 14.8. The quantitative estimate of drug-likeness (QED) is 0.458. The molecule has 10 unspecified atom stereocenters. The first-order valence-electron chi connectivity index (χ1n) is 16.4. The van der Waals surface area contributed by atoms with Gasteiger partial charge in [0, 0.05) is 17.9 Å². The molecule has 2 saturated heterocycles. The Bertz CT molecular complexity index is 1760. The second-order valence-corrected chi connectivity index (χ2v) is 15.4. The first-order valence-corrected chi connectivity index (χ1v) is 16.4. The molecule has 226 valence electrons. The molecule has 7 heteroatoms. The Balaban J connectivity index is 1.01. The number of amides is 4. The number of carbonyl (C=O) groups is 5. The first-order chi connectivity index (χ1) is 21.0. The molecule has 5 saturated carbocycles. The fourth-order valence-corrected chi connectivity index (χ4v) is 12.2. The van der Waals surface area contributed by atoms with E-state index in [9.17, 15) is 24.0 Å². The van der Waals surface area contributed by atoms with Gasteiger partial charge in [-0.3, -0.25) is 33.8 Å². The highest BCUT2D eigenvalue weighted by Crippen LogP contribution is 2.75. The highest BCUT2D eigenvalue weighted by Gasteiger charge is 2.78. The third-order valence-corrected chi connectivity index (χ3v) is 13.7. The highest BCUT2D eigenvalue weighted by atomic mass is 16.2. The minimum atomic E-state index is -0.585. The molecule has 2 spiro atoms. The molecule has 5 aliphatic carbocycles. The molecule has 2 aromatic rings. The average molecular weight is 591 g/mol. The fraction of sp³-hybridized carbons (Fsp3) is 0.541. The Kier molecular flexibility index (Phi) is 5.08. The van der Waals surface area contributed by atoms with Crippen molar-refractivity contribution in [3.05, 3.63) is 53.1 Å². The van der Waals surface area contributed by atoms with Crippen LogP contribution in [-0.2, 0) is 24.0 Å². The molecule has 2 aliphatic heterocycles. The van der Waals surface area contributed by atoms with Gasteiger partial charge in [0.25, 0.3) is 0 Å². The number of hydrogen-bond acceptors (Lipinski definition) is 5. The van der Waals surface area contributed by atoms with Crippen molar-refractivity contribution in [1.82, 2.24) is 4.90 Å². The lowest BCUT2D eigenvalue weighted by Gasteiger charge is -2.42. The number of imide groups is 2. The molecule has 2 aromatic carbocycles. The smallest absolute Gasteiger partial charge is 0.238 e. The van der Waals surface area contributed by atoms with E-state index in [1.807, 2.05) is 25.1 Å². The Morgan fingerprint density at radius 1 is 0.636 bits per heavy atom. The predicted molar refractivity (Wildman–Crippen MR) is 162 cm³/mol. The maximum absolute atomic E-state index is 14.8. The zero-order valence-corrected chi connectivity index (χ0v) is 25.8. The number of benzene rings is 2. The number of aryl methyl sites for hydroxylation is 3. The van der Waals surface area contributed by atoms with Gasteiger partial charge in [0.15, 0.2) is 0 Å². The summed E-state index contributed by atoms with van der Waals surface area (Å²) in [5, 5.41) is 0. The Morgan fingerprint density at radius 3 is 1.73 bits per heavy atom. The molecule has 7 aliphatic rings. The third-order valence-electron chi connectivity index (χ3n) is 13.7. The van der Waals surface area contributed by atoms with Crippen LogP contribution in [0.15, 0.2) is 36.4 Å². The maximum Gasteiger partial charge on any atom is 0.238 e. The van der Waals surface area contributed by atoms with Crippen molar-refractivity contribution in [3.63, 3.8) is 0 Å². The molecule has 4 bridgehead atoms. The molecule has 7 fully saturated rings. The van der Waals surface area contributed by atoms with Crippen LogP contribution in [0.2, 0.25) is 0 Å². The molecule has 2 heterocycles. The van der Waals surface area contributed by atoms with Crippen LogP contribution < -0.4 is 4.90 Å². The van der Waals surface area contributed by atoms with Crippen LogP contribution in [0.4, 0.5) is 5.69 Å². The monoisotopic (exact) mass is 590 g/mol. The van der Waals surface area contributed by atoms with E-state index in [1.54, 1.807) is 7.05 Å². The molecule has 9 rings (SSSR count). The molecule has 4 amide bonds. The normalized spacial score (nSPS) is 41.4. The van der Waals surface area contributed by atoms with Gasteiger partial charge < -0.3 is 0 Å². The predicted octanol–water partition coefficient (Wildman–Crippen LogP) is 5.03. The lowest BCUT2D eigenvalue weighted by atomic mass is 9.58. The SMILES string of the molecule is Cc1ccc(-c2ccc(N3C(=O)C4C5CC(C4C3=O)C3(CCC4(CC6CC4C4C(=O)N(C)C(=O)C64)C3=O)C5)cc2C)c(C)c1. The average Bonchev–Trinajstić information content (AvgIpc) is 3.84. The van der Waals surface area contributed by atoms with Gasteiger partial charge in [0.05, 0.1) is 29.4 Å². The van der Waals surface area contributed by atoms with E-state index < -0.39 is 16.7 Å². The van der Waals surface area contributed by atoms with Gasteiger partial charge >= 0.3 is 0 Å². The van der Waals surface area contributed by atoms with Gasteiger partial charge in [-0.25, -0.2) is 0 Å². The van der Waals surface area contributed by atoms with Gasteiger partial charge in [-0.15, -0.1) is 0 Å². The Labute approximate surface area is 257 Å². The summed E-state index contributed by atoms with van der Waals surface area (Å²) in [7, 11) is 1.58. The van der Waals surface area contributed by atoms with Gasteiger partial charge in [-0.05, 0) is 117 Å². The van der Waals surface area contributed by atoms with Gasteiger partial charge in [-0.1, -0.05) is 29.8 Å². The topological polar surface area (TPSA) is 91.8 Å². The molecule has 44 heavy (non-hydrogen) atoms. The number of anilines is 1. The number of carbonyl (C=O) groups excluding carboxylic acids is 5. The standard InChI is InChI=1S/C37H38N2O5/c1-17-5-7-23(18(2)11-17)24-8-6-22(12-19(24)3)39-33(42)28-21-14-26(30(28)34(39)43)37(16-21)10-9-36(35(37)44)15-20-13-25(36)29-27(20)31(40)38(4)32(29)41/h5-8,11-12,20-21,25-30H,9-10,13-16H2,1-4H3. The number of nitrogens with zero attached hydrogens (tertiary/aromatic N) is 2. The summed E-state index contributed by atoms with van der Waals surface area (Å²) in [4.78, 5) is 71.6. The summed E-state index contributed by atoms with van der Waals surface area (Å²) >= 11 is 0. The Morgan fingerprint density at radius 2 is 1.14 bits per heavy atom. The molecule has 0 aromatic heterocycles. The minimum absolute atomic E-state index is 0.0355. The first kappa shape index (κ1) is 26.8. The summed E-state index contributed by atoms with van der Waals surface area (Å²) in [5.74, 6) is -1.68. The molecule has 0 N–H and O–H groups in total. The van der Waals surface area contributed by atoms with Crippen LogP contribution in [0.3, 0.4) is 0 Å². The van der Waals surface area contributed by atoms with Gasteiger partial charge in [-0.2, -0.15) is 0 Å². The van der Waals surface area contributed by atoms with Crippen LogP contribution in [0.5, 0.6) is 0 Å². The van der Waals surface area contributed by atoms with E-state index in [0.29, 0.717) is 18.5 Å². The summed E-state index contributed by atoms with van der Waals surface area (Å²) in [6.07, 6.45) is 4.39. The lowest BCUT2D eigenvalue weighted by molar-refractivity contribution is -0.145. The number of hydrogen-bond donors (Lipinski definition) is 0. The number of Topliss-reactive ketones (excluding diaryl/α,β-unsaturated/α-hetero) is 1. The van der Waals surface area contributed by atoms with Crippen molar-refractivity contribution in [3.8, 4) is 11.1 Å². The van der Waals surface area contributed by atoms with Crippen LogP contribution in [-0.4, -0.2) is 41.4 Å². The van der Waals surface area contributed by atoms with Crippen molar-refractivity contribution in [2.45, 2.75) is 59.3 Å². The number of fused-ring (bicyclic) bond motifs is 12. The van der Waals surface area contributed by atoms with Crippen molar-refractivity contribution in [2.75, 3.05) is 11.9 Å². The van der Waals surface area contributed by atoms with Crippen LogP contribution in [0, 0.1) is 78.9 Å². The zero-order valence-electron chi connectivity index (χ0n) is 25.8. The second kappa shape index (κ2) is 8.35. The van der Waals surface area contributed by atoms with Gasteiger partial charge in [0.2, 0.25) is 23.6 Å². The van der Waals surface area contributed by atoms with Crippen molar-refractivity contribution >= 4 is 35.1 Å².